The molecule has 0 aliphatic rings. The highest BCUT2D eigenvalue weighted by molar-refractivity contribution is 7.89. The Morgan fingerprint density at radius 2 is 1.69 bits per heavy atom. The number of carbonyl (C=O) groups is 2. The van der Waals surface area contributed by atoms with E-state index in [1.54, 1.807) is 13.8 Å². The van der Waals surface area contributed by atoms with Gasteiger partial charge in [-0.2, -0.15) is 4.31 Å². The van der Waals surface area contributed by atoms with Crippen molar-refractivity contribution in [3.8, 4) is 0 Å². The third kappa shape index (κ3) is 5.95. The maximum absolute atomic E-state index is 12.7. The Kier molecular flexibility index (Phi) is 8.58. The average Bonchev–Trinajstić information content (AvgIpc) is 2.78. The lowest BCUT2D eigenvalue weighted by Gasteiger charge is -2.21. The molecule has 0 saturated carbocycles. The number of anilines is 1. The van der Waals surface area contributed by atoms with Crippen LogP contribution < -0.4 is 5.32 Å². The first-order valence-corrected chi connectivity index (χ1v) is 12.1. The lowest BCUT2D eigenvalue weighted by molar-refractivity contribution is -0.123. The highest BCUT2D eigenvalue weighted by Gasteiger charge is 2.25. The molecule has 2 rings (SSSR count). The first-order chi connectivity index (χ1) is 15.0. The summed E-state index contributed by atoms with van der Waals surface area (Å²) in [5.41, 5.74) is 1.75. The summed E-state index contributed by atoms with van der Waals surface area (Å²) in [5.74, 6) is -0.970. The molecule has 0 aliphatic heterocycles. The highest BCUT2D eigenvalue weighted by atomic mass is 32.2. The van der Waals surface area contributed by atoms with Gasteiger partial charge in [0.1, 0.15) is 0 Å². The van der Waals surface area contributed by atoms with Crippen LogP contribution in [0.1, 0.15) is 62.9 Å². The Hall–Kier alpha value is -2.71. The number of rotatable bonds is 9. The predicted octanol–water partition coefficient (Wildman–Crippen LogP) is 4.41. The molecule has 8 heteroatoms. The number of carbonyl (C=O) groups excluding carboxylic acids is 2. The fourth-order valence-electron chi connectivity index (χ4n) is 3.00. The fourth-order valence-corrected chi connectivity index (χ4v) is 4.42. The van der Waals surface area contributed by atoms with Crippen LogP contribution in [0.5, 0.6) is 0 Å². The van der Waals surface area contributed by atoms with Crippen LogP contribution in [0.15, 0.2) is 53.4 Å². The van der Waals surface area contributed by atoms with Gasteiger partial charge in [-0.15, -0.1) is 0 Å². The lowest BCUT2D eigenvalue weighted by atomic mass is 9.97. The van der Waals surface area contributed by atoms with Crippen molar-refractivity contribution in [1.82, 2.24) is 4.31 Å². The third-order valence-corrected chi connectivity index (χ3v) is 7.52. The molecule has 1 N–H and O–H groups in total. The second-order valence-electron chi connectivity index (χ2n) is 8.08. The Labute approximate surface area is 190 Å². The normalized spacial score (nSPS) is 13.6. The number of sulfonamides is 1. The van der Waals surface area contributed by atoms with Gasteiger partial charge in [-0.3, -0.25) is 4.79 Å². The monoisotopic (exact) mass is 460 g/mol. The molecule has 0 radical (unpaired) electrons. The zero-order valence-electron chi connectivity index (χ0n) is 19.5. The third-order valence-electron chi connectivity index (χ3n) is 5.49. The van der Waals surface area contributed by atoms with Crippen molar-refractivity contribution in [3.63, 3.8) is 0 Å². The van der Waals surface area contributed by atoms with E-state index in [-0.39, 0.29) is 22.4 Å². The smallest absolute Gasteiger partial charge is 0.338 e. The van der Waals surface area contributed by atoms with E-state index >= 15 is 0 Å². The Balaban J connectivity index is 2.14. The maximum atomic E-state index is 12.7. The van der Waals surface area contributed by atoms with E-state index in [0.717, 1.165) is 12.0 Å². The molecule has 32 heavy (non-hydrogen) atoms. The zero-order chi connectivity index (χ0) is 24.1. The Morgan fingerprint density at radius 3 is 2.31 bits per heavy atom. The molecule has 2 aromatic rings. The van der Waals surface area contributed by atoms with Crippen LogP contribution >= 0.6 is 0 Å². The van der Waals surface area contributed by atoms with Gasteiger partial charge in [0.15, 0.2) is 6.10 Å². The molecular formula is C24H32N2O5S. The van der Waals surface area contributed by atoms with E-state index in [1.165, 1.54) is 42.5 Å². The van der Waals surface area contributed by atoms with Crippen molar-refractivity contribution in [3.05, 3.63) is 59.7 Å². The van der Waals surface area contributed by atoms with Crippen molar-refractivity contribution in [2.75, 3.05) is 12.4 Å². The molecule has 0 bridgehead atoms. The number of benzene rings is 2. The molecule has 7 nitrogen and oxygen atoms in total. The Morgan fingerprint density at radius 1 is 1.03 bits per heavy atom. The van der Waals surface area contributed by atoms with Crippen LogP contribution in [0, 0.1) is 0 Å². The van der Waals surface area contributed by atoms with Gasteiger partial charge in [-0.25, -0.2) is 13.2 Å². The van der Waals surface area contributed by atoms with E-state index in [9.17, 15) is 18.0 Å². The van der Waals surface area contributed by atoms with E-state index in [0.29, 0.717) is 5.69 Å². The van der Waals surface area contributed by atoms with Crippen molar-refractivity contribution in [2.24, 2.45) is 0 Å². The minimum atomic E-state index is -3.75. The summed E-state index contributed by atoms with van der Waals surface area (Å²) >= 11 is 0. The number of esters is 1. The minimum Gasteiger partial charge on any atom is -0.449 e. The number of amides is 1. The molecule has 0 heterocycles. The van der Waals surface area contributed by atoms with Gasteiger partial charge in [0.2, 0.25) is 10.0 Å². The predicted molar refractivity (Wildman–Crippen MR) is 125 cm³/mol. The number of hydrogen-bond acceptors (Lipinski definition) is 5. The van der Waals surface area contributed by atoms with E-state index < -0.39 is 28.0 Å². The number of hydrogen-bond donors (Lipinski definition) is 1. The summed E-state index contributed by atoms with van der Waals surface area (Å²) in [6.45, 7) is 9.14. The van der Waals surface area contributed by atoms with E-state index in [4.69, 9.17) is 4.74 Å². The van der Waals surface area contributed by atoms with Crippen molar-refractivity contribution in [2.45, 2.75) is 64.0 Å². The van der Waals surface area contributed by atoms with Gasteiger partial charge in [-0.1, -0.05) is 38.1 Å². The van der Waals surface area contributed by atoms with Gasteiger partial charge in [0, 0.05) is 18.8 Å². The van der Waals surface area contributed by atoms with Crippen LogP contribution in [-0.4, -0.2) is 43.8 Å². The summed E-state index contributed by atoms with van der Waals surface area (Å²) in [5, 5.41) is 2.83. The Bertz CT molecular complexity index is 1070. The molecule has 2 atom stereocenters. The average molecular weight is 461 g/mol. The van der Waals surface area contributed by atoms with Gasteiger partial charge in [0.25, 0.3) is 5.91 Å². The van der Waals surface area contributed by atoms with E-state index in [1.807, 2.05) is 24.3 Å². The van der Waals surface area contributed by atoms with Crippen molar-refractivity contribution >= 4 is 27.6 Å². The lowest BCUT2D eigenvalue weighted by Crippen LogP contribution is -2.33. The summed E-state index contributed by atoms with van der Waals surface area (Å²) in [4.78, 5) is 25.2. The number of nitrogens with one attached hydrogen (secondary N) is 1. The summed E-state index contributed by atoms with van der Waals surface area (Å²) in [6.07, 6.45) is -0.144. The van der Waals surface area contributed by atoms with Gasteiger partial charge >= 0.3 is 5.97 Å². The van der Waals surface area contributed by atoms with Crippen LogP contribution in [0.3, 0.4) is 0 Å². The molecule has 174 valence electrons. The molecule has 0 aromatic heterocycles. The summed E-state index contributed by atoms with van der Waals surface area (Å²) in [6, 6.07) is 12.9. The quantitative estimate of drug-likeness (QED) is 0.560. The van der Waals surface area contributed by atoms with Crippen LogP contribution in [0.4, 0.5) is 5.69 Å². The maximum Gasteiger partial charge on any atom is 0.338 e. The molecular weight excluding hydrogens is 428 g/mol. The first-order valence-electron chi connectivity index (χ1n) is 10.7. The summed E-state index contributed by atoms with van der Waals surface area (Å²) in [7, 11) is -2.27. The molecule has 0 aliphatic carbocycles. The molecule has 2 aromatic carbocycles. The molecule has 1 amide bonds. The molecule has 0 saturated heterocycles. The van der Waals surface area contributed by atoms with Gasteiger partial charge in [0.05, 0.1) is 10.5 Å². The highest BCUT2D eigenvalue weighted by Crippen LogP contribution is 2.26. The second-order valence-corrected chi connectivity index (χ2v) is 10.1. The van der Waals surface area contributed by atoms with Crippen LogP contribution in [-0.2, 0) is 19.6 Å². The SMILES string of the molecule is CCC(C)c1ccccc1NC(=O)C(C)OC(=O)c1cccc(S(=O)(=O)N(C)C(C)C)c1. The van der Waals surface area contributed by atoms with Crippen LogP contribution in [0.25, 0.3) is 0 Å². The number of ether oxygens (including phenoxy) is 1. The topological polar surface area (TPSA) is 92.8 Å². The van der Waals surface area contributed by atoms with Crippen molar-refractivity contribution in [1.29, 1.82) is 0 Å². The first kappa shape index (κ1) is 25.5. The molecule has 2 unspecified atom stereocenters. The summed E-state index contributed by atoms with van der Waals surface area (Å²) < 4.78 is 31.9. The van der Waals surface area contributed by atoms with Gasteiger partial charge < -0.3 is 10.1 Å². The van der Waals surface area contributed by atoms with Gasteiger partial charge in [-0.05, 0) is 62.9 Å². The number of para-hydroxylation sites is 1. The molecule has 0 fully saturated rings. The number of nitrogens with zero attached hydrogens (tertiary/aromatic N) is 1. The second kappa shape index (κ2) is 10.7. The standard InChI is InChI=1S/C24H32N2O5S/c1-7-17(4)21-13-8-9-14-22(21)25-23(27)18(5)31-24(28)19-11-10-12-20(15-19)32(29,30)26(6)16(2)3/h8-18H,7H2,1-6H3,(H,25,27). The zero-order valence-corrected chi connectivity index (χ0v) is 20.3. The molecule has 0 spiro atoms. The minimum absolute atomic E-state index is 0.0114. The van der Waals surface area contributed by atoms with E-state index in [2.05, 4.69) is 19.2 Å². The van der Waals surface area contributed by atoms with Crippen LogP contribution in [0.2, 0.25) is 0 Å². The van der Waals surface area contributed by atoms with Crippen molar-refractivity contribution < 1.29 is 22.7 Å². The largest absolute Gasteiger partial charge is 0.449 e. The fraction of sp³-hybridized carbons (Fsp3) is 0.417.